The number of allylic oxidation sites excluding steroid dienone is 1. The highest BCUT2D eigenvalue weighted by Gasteiger charge is 2.51. The Balaban J connectivity index is 1.44. The van der Waals surface area contributed by atoms with Crippen LogP contribution in [-0.4, -0.2) is 23.0 Å². The van der Waals surface area contributed by atoms with E-state index in [0.29, 0.717) is 5.56 Å². The maximum Gasteiger partial charge on any atom is 0.330 e. The average Bonchev–Trinajstić information content (AvgIpc) is 3.21. The van der Waals surface area contributed by atoms with Gasteiger partial charge in [0, 0.05) is 11.6 Å². The van der Waals surface area contributed by atoms with Crippen molar-refractivity contribution < 1.29 is 33.7 Å². The van der Waals surface area contributed by atoms with Crippen LogP contribution in [0.3, 0.4) is 0 Å². The molecule has 38 heavy (non-hydrogen) atoms. The molecule has 0 fully saturated rings. The summed E-state index contributed by atoms with van der Waals surface area (Å²) in [4.78, 5) is 38.0. The Morgan fingerprint density at radius 2 is 1.55 bits per heavy atom. The highest BCUT2D eigenvalue weighted by molar-refractivity contribution is 5.95. The first-order chi connectivity index (χ1) is 18.4. The fourth-order valence-corrected chi connectivity index (χ4v) is 4.36. The number of esters is 3. The van der Waals surface area contributed by atoms with Crippen molar-refractivity contribution in [3.05, 3.63) is 120 Å². The van der Waals surface area contributed by atoms with Gasteiger partial charge in [0.1, 0.15) is 30.1 Å². The second-order valence-electron chi connectivity index (χ2n) is 8.94. The molecule has 3 aromatic rings. The molecule has 7 heteroatoms. The minimum Gasteiger partial charge on any atom is -0.508 e. The molecule has 3 aromatic carbocycles. The summed E-state index contributed by atoms with van der Waals surface area (Å²) >= 11 is 0. The Morgan fingerprint density at radius 3 is 2.21 bits per heavy atom. The normalized spacial score (nSPS) is 16.1. The lowest BCUT2D eigenvalue weighted by atomic mass is 9.71. The van der Waals surface area contributed by atoms with Crippen LogP contribution in [0.15, 0.2) is 103 Å². The summed E-state index contributed by atoms with van der Waals surface area (Å²) in [5.74, 6) is -1.42. The van der Waals surface area contributed by atoms with Gasteiger partial charge in [0.2, 0.25) is 0 Å². The van der Waals surface area contributed by atoms with E-state index in [1.807, 2.05) is 60.7 Å². The third-order valence-electron chi connectivity index (χ3n) is 6.34. The summed E-state index contributed by atoms with van der Waals surface area (Å²) in [6, 6.07) is 22.9. The number of rotatable bonds is 11. The van der Waals surface area contributed by atoms with Gasteiger partial charge in [-0.05, 0) is 47.7 Å². The number of aromatic hydroxyl groups is 1. The number of phenolic OH excluding ortho intramolecular Hbond substituents is 1. The van der Waals surface area contributed by atoms with Crippen LogP contribution in [0.2, 0.25) is 0 Å². The average molecular weight is 513 g/mol. The molecule has 1 N–H and O–H groups in total. The van der Waals surface area contributed by atoms with Crippen LogP contribution < -0.4 is 4.74 Å². The number of phenols is 1. The van der Waals surface area contributed by atoms with Crippen molar-refractivity contribution in [2.24, 2.45) is 0 Å². The maximum atomic E-state index is 13.2. The second kappa shape index (κ2) is 12.1. The summed E-state index contributed by atoms with van der Waals surface area (Å²) in [6.07, 6.45) is 3.12. The Kier molecular flexibility index (Phi) is 8.38. The monoisotopic (exact) mass is 512 g/mol. The highest BCUT2D eigenvalue weighted by Crippen LogP contribution is 2.49. The van der Waals surface area contributed by atoms with E-state index in [-0.39, 0.29) is 49.5 Å². The second-order valence-corrected chi connectivity index (χ2v) is 8.94. The summed E-state index contributed by atoms with van der Waals surface area (Å²) in [7, 11) is 0. The Morgan fingerprint density at radius 1 is 0.921 bits per heavy atom. The van der Waals surface area contributed by atoms with Crippen LogP contribution in [0.5, 0.6) is 11.5 Å². The number of carbonyl (C=O) groups is 3. The van der Waals surface area contributed by atoms with Gasteiger partial charge in [-0.25, -0.2) is 4.79 Å². The van der Waals surface area contributed by atoms with Crippen molar-refractivity contribution in [3.63, 3.8) is 0 Å². The summed E-state index contributed by atoms with van der Waals surface area (Å²) in [5.41, 5.74) is 1.01. The Bertz CT molecular complexity index is 1350. The number of benzene rings is 3. The quantitative estimate of drug-likeness (QED) is 0.161. The van der Waals surface area contributed by atoms with Gasteiger partial charge < -0.3 is 19.3 Å². The van der Waals surface area contributed by atoms with Gasteiger partial charge in [-0.2, -0.15) is 0 Å². The number of hydrogen-bond donors (Lipinski definition) is 1. The molecule has 1 unspecified atom stereocenters. The van der Waals surface area contributed by atoms with E-state index in [0.717, 1.165) is 11.1 Å². The molecule has 0 radical (unpaired) electrons. The molecule has 0 aromatic heterocycles. The zero-order valence-corrected chi connectivity index (χ0v) is 20.8. The molecule has 0 spiro atoms. The van der Waals surface area contributed by atoms with E-state index < -0.39 is 23.3 Å². The Labute approximate surface area is 221 Å². The molecule has 1 heterocycles. The topological polar surface area (TPSA) is 99.1 Å². The standard InChI is InChI=1S/C31H28O7/c1-22(18-29(34)37-21-24-12-6-3-7-13-24)31(26-19-25(32)15-16-27(26)38-30(31)35)17-9-8-14-28(33)36-20-23-10-4-2-5-11-23/h2-8,10-16,19,32H,1,9,17-18,20-21H2/b14-8+. The predicted molar refractivity (Wildman–Crippen MR) is 140 cm³/mol. The first kappa shape index (κ1) is 26.4. The van der Waals surface area contributed by atoms with Crippen LogP contribution in [0.4, 0.5) is 0 Å². The van der Waals surface area contributed by atoms with Crippen molar-refractivity contribution in [2.75, 3.05) is 0 Å². The third kappa shape index (κ3) is 6.18. The first-order valence-electron chi connectivity index (χ1n) is 12.2. The van der Waals surface area contributed by atoms with Crippen LogP contribution in [0, 0.1) is 0 Å². The molecule has 0 amide bonds. The first-order valence-corrected chi connectivity index (χ1v) is 12.2. The molecule has 1 aliphatic rings. The molecule has 1 aliphatic heterocycles. The van der Waals surface area contributed by atoms with Crippen molar-refractivity contribution in [1.29, 1.82) is 0 Å². The van der Waals surface area contributed by atoms with E-state index in [2.05, 4.69) is 6.58 Å². The largest absolute Gasteiger partial charge is 0.508 e. The molecule has 0 saturated carbocycles. The lowest BCUT2D eigenvalue weighted by Crippen LogP contribution is -2.36. The summed E-state index contributed by atoms with van der Waals surface area (Å²) < 4.78 is 16.1. The van der Waals surface area contributed by atoms with Crippen molar-refractivity contribution in [3.8, 4) is 11.5 Å². The minimum absolute atomic E-state index is 0.0501. The van der Waals surface area contributed by atoms with Crippen molar-refractivity contribution in [1.82, 2.24) is 0 Å². The van der Waals surface area contributed by atoms with E-state index in [1.54, 1.807) is 6.08 Å². The van der Waals surface area contributed by atoms with E-state index >= 15 is 0 Å². The van der Waals surface area contributed by atoms with Gasteiger partial charge in [0.25, 0.3) is 0 Å². The molecule has 0 bridgehead atoms. The molecular weight excluding hydrogens is 484 g/mol. The zero-order valence-electron chi connectivity index (χ0n) is 20.8. The van der Waals surface area contributed by atoms with Gasteiger partial charge in [-0.15, -0.1) is 0 Å². The van der Waals surface area contributed by atoms with Gasteiger partial charge in [-0.1, -0.05) is 73.3 Å². The molecule has 4 rings (SSSR count). The maximum absolute atomic E-state index is 13.2. The van der Waals surface area contributed by atoms with Crippen LogP contribution >= 0.6 is 0 Å². The molecule has 0 saturated heterocycles. The van der Waals surface area contributed by atoms with Gasteiger partial charge in [0.05, 0.1) is 6.42 Å². The predicted octanol–water partition coefficient (Wildman–Crippen LogP) is 5.32. The SMILES string of the molecule is C=C(CC(=O)OCc1ccccc1)C1(CC/C=C/C(=O)OCc2ccccc2)C(=O)Oc2ccc(O)cc21. The molecule has 7 nitrogen and oxygen atoms in total. The fourth-order valence-electron chi connectivity index (χ4n) is 4.36. The summed E-state index contributed by atoms with van der Waals surface area (Å²) in [5, 5.41) is 10.1. The van der Waals surface area contributed by atoms with E-state index in [4.69, 9.17) is 14.2 Å². The minimum atomic E-state index is -1.39. The van der Waals surface area contributed by atoms with Crippen molar-refractivity contribution in [2.45, 2.75) is 37.9 Å². The molecular formula is C31H28O7. The van der Waals surface area contributed by atoms with E-state index in [9.17, 15) is 19.5 Å². The number of fused-ring (bicyclic) bond motifs is 1. The van der Waals surface area contributed by atoms with Gasteiger partial charge in [-0.3, -0.25) is 9.59 Å². The highest BCUT2D eigenvalue weighted by atomic mass is 16.5. The van der Waals surface area contributed by atoms with Gasteiger partial charge >= 0.3 is 17.9 Å². The number of ether oxygens (including phenoxy) is 3. The van der Waals surface area contributed by atoms with Gasteiger partial charge in [0.15, 0.2) is 0 Å². The Hall–Kier alpha value is -4.65. The smallest absolute Gasteiger partial charge is 0.330 e. The van der Waals surface area contributed by atoms with Crippen LogP contribution in [0.25, 0.3) is 0 Å². The number of carbonyl (C=O) groups excluding carboxylic acids is 3. The molecule has 1 atom stereocenters. The lowest BCUT2D eigenvalue weighted by molar-refractivity contribution is -0.144. The third-order valence-corrected chi connectivity index (χ3v) is 6.34. The van der Waals surface area contributed by atoms with Crippen LogP contribution in [0.1, 0.15) is 36.0 Å². The molecule has 194 valence electrons. The number of hydrogen-bond acceptors (Lipinski definition) is 7. The molecule has 0 aliphatic carbocycles. The zero-order chi connectivity index (χ0) is 27.0. The lowest BCUT2D eigenvalue weighted by Gasteiger charge is -2.28. The van der Waals surface area contributed by atoms with Crippen molar-refractivity contribution >= 4 is 17.9 Å². The van der Waals surface area contributed by atoms with E-state index in [1.165, 1.54) is 24.3 Å². The summed E-state index contributed by atoms with van der Waals surface area (Å²) in [6.45, 7) is 4.30. The van der Waals surface area contributed by atoms with Crippen LogP contribution in [-0.2, 0) is 42.5 Å². The fraction of sp³-hybridized carbons (Fsp3) is 0.194.